The number of benzene rings is 6. The largest absolute Gasteiger partial charge is 0.341 e. The molecule has 0 bridgehead atoms. The number of hydrogen-bond acceptors (Lipinski definition) is 2. The van der Waals surface area contributed by atoms with Gasteiger partial charge < -0.3 is 9.80 Å². The van der Waals surface area contributed by atoms with Crippen molar-refractivity contribution in [1.29, 1.82) is 0 Å². The molecular formula is C49H48N2. The fraction of sp³-hybridized carbons (Fsp3) is 0.265. The number of fused-ring (bicyclic) bond motifs is 6. The molecule has 0 radical (unpaired) electrons. The zero-order valence-corrected chi connectivity index (χ0v) is 30.9. The monoisotopic (exact) mass is 664 g/mol. The molecule has 3 aliphatic rings. The Labute approximate surface area is 304 Å². The highest BCUT2D eigenvalue weighted by atomic mass is 15.2. The molecule has 0 amide bonds. The third-order valence-corrected chi connectivity index (χ3v) is 12.4. The molecule has 0 spiro atoms. The van der Waals surface area contributed by atoms with E-state index >= 15 is 0 Å². The van der Waals surface area contributed by atoms with Gasteiger partial charge in [-0.15, -0.1) is 0 Å². The Hall–Kier alpha value is -5.08. The van der Waals surface area contributed by atoms with E-state index in [1.165, 1.54) is 78.0 Å². The van der Waals surface area contributed by atoms with Gasteiger partial charge in [-0.05, 0) is 121 Å². The summed E-state index contributed by atoms with van der Waals surface area (Å²) in [5.74, 6) is 0. The van der Waals surface area contributed by atoms with Crippen LogP contribution in [-0.2, 0) is 16.2 Å². The van der Waals surface area contributed by atoms with Crippen LogP contribution in [0.4, 0.5) is 22.7 Å². The number of anilines is 4. The fourth-order valence-corrected chi connectivity index (χ4v) is 9.12. The van der Waals surface area contributed by atoms with E-state index in [9.17, 15) is 0 Å². The standard InChI is InChI=1S/C49H48N2/c1-47(2)25-27-50(45-13-9-7-11-41(45)47)37-21-20-35-29-33(17-19-36(35)31-37)15-16-34-18-23-39-40-24-22-38(32-44(40)49(5,6)43(39)30-34)51-28-26-48(3,4)42-12-8-10-14-46(42)51/h7-24,29-32H,25-28H2,1-6H3/b16-15+. The molecule has 6 aromatic rings. The summed E-state index contributed by atoms with van der Waals surface area (Å²) in [6.45, 7) is 16.3. The smallest absolute Gasteiger partial charge is 0.0448 e. The Morgan fingerprint density at radius 2 is 0.922 bits per heavy atom. The van der Waals surface area contributed by atoms with E-state index in [0.717, 1.165) is 25.9 Å². The summed E-state index contributed by atoms with van der Waals surface area (Å²) in [6.07, 6.45) is 6.83. The molecular weight excluding hydrogens is 617 g/mol. The first kappa shape index (κ1) is 31.9. The Kier molecular flexibility index (Phi) is 7.17. The lowest BCUT2D eigenvalue weighted by atomic mass is 9.77. The van der Waals surface area contributed by atoms with Gasteiger partial charge in [0.2, 0.25) is 0 Å². The van der Waals surface area contributed by atoms with Crippen molar-refractivity contribution in [3.63, 3.8) is 0 Å². The van der Waals surface area contributed by atoms with Crippen LogP contribution in [-0.4, -0.2) is 13.1 Å². The van der Waals surface area contributed by atoms with Crippen LogP contribution >= 0.6 is 0 Å². The van der Waals surface area contributed by atoms with Crippen molar-refractivity contribution in [1.82, 2.24) is 0 Å². The average molecular weight is 665 g/mol. The fourth-order valence-electron chi connectivity index (χ4n) is 9.12. The van der Waals surface area contributed by atoms with Crippen molar-refractivity contribution in [2.45, 2.75) is 70.6 Å². The second-order valence-electron chi connectivity index (χ2n) is 16.9. The van der Waals surface area contributed by atoms with Gasteiger partial charge in [0.05, 0.1) is 0 Å². The molecule has 0 N–H and O–H groups in total. The second kappa shape index (κ2) is 11.5. The summed E-state index contributed by atoms with van der Waals surface area (Å²) in [5, 5.41) is 2.55. The normalized spacial score (nSPS) is 18.0. The summed E-state index contributed by atoms with van der Waals surface area (Å²) in [7, 11) is 0. The molecule has 2 aliphatic heterocycles. The topological polar surface area (TPSA) is 6.48 Å². The van der Waals surface area contributed by atoms with Crippen LogP contribution in [0, 0.1) is 0 Å². The van der Waals surface area contributed by atoms with Crippen LogP contribution in [0.25, 0.3) is 34.1 Å². The molecule has 2 nitrogen and oxygen atoms in total. The molecule has 254 valence electrons. The van der Waals surface area contributed by atoms with Gasteiger partial charge in [-0.3, -0.25) is 0 Å². The second-order valence-corrected chi connectivity index (χ2v) is 16.9. The molecule has 6 aromatic carbocycles. The highest BCUT2D eigenvalue weighted by molar-refractivity contribution is 5.90. The Balaban J connectivity index is 0.972. The van der Waals surface area contributed by atoms with Crippen molar-refractivity contribution < 1.29 is 0 Å². The van der Waals surface area contributed by atoms with E-state index < -0.39 is 0 Å². The van der Waals surface area contributed by atoms with Gasteiger partial charge in [0, 0.05) is 41.3 Å². The van der Waals surface area contributed by atoms with E-state index in [1.807, 2.05) is 0 Å². The molecule has 2 heterocycles. The van der Waals surface area contributed by atoms with Gasteiger partial charge in [-0.1, -0.05) is 133 Å². The van der Waals surface area contributed by atoms with Crippen LogP contribution < -0.4 is 9.80 Å². The lowest BCUT2D eigenvalue weighted by molar-refractivity contribution is 0.467. The molecule has 2 heteroatoms. The van der Waals surface area contributed by atoms with E-state index in [4.69, 9.17) is 0 Å². The van der Waals surface area contributed by atoms with Crippen molar-refractivity contribution >= 4 is 45.7 Å². The van der Waals surface area contributed by atoms with E-state index in [-0.39, 0.29) is 16.2 Å². The number of rotatable bonds is 4. The van der Waals surface area contributed by atoms with Gasteiger partial charge in [-0.25, -0.2) is 0 Å². The minimum absolute atomic E-state index is 0.0790. The molecule has 0 saturated heterocycles. The van der Waals surface area contributed by atoms with E-state index in [0.29, 0.717) is 0 Å². The summed E-state index contributed by atoms with van der Waals surface area (Å²) < 4.78 is 0. The van der Waals surface area contributed by atoms with Crippen molar-refractivity contribution in [3.8, 4) is 11.1 Å². The predicted octanol–water partition coefficient (Wildman–Crippen LogP) is 13.0. The molecule has 0 atom stereocenters. The predicted molar refractivity (Wildman–Crippen MR) is 219 cm³/mol. The lowest BCUT2D eigenvalue weighted by Gasteiger charge is -2.40. The molecule has 0 unspecified atom stereocenters. The van der Waals surface area contributed by atoms with Crippen LogP contribution in [0.1, 0.15) is 87.8 Å². The first-order valence-electron chi connectivity index (χ1n) is 18.8. The van der Waals surface area contributed by atoms with Gasteiger partial charge >= 0.3 is 0 Å². The molecule has 0 aromatic heterocycles. The lowest BCUT2D eigenvalue weighted by Crippen LogP contribution is -2.34. The minimum atomic E-state index is -0.0790. The number of nitrogens with zero attached hydrogens (tertiary/aromatic N) is 2. The molecule has 0 fully saturated rings. The maximum atomic E-state index is 2.53. The van der Waals surface area contributed by atoms with E-state index in [2.05, 4.69) is 185 Å². The first-order valence-corrected chi connectivity index (χ1v) is 18.8. The van der Waals surface area contributed by atoms with Crippen molar-refractivity contribution in [2.24, 2.45) is 0 Å². The zero-order valence-electron chi connectivity index (χ0n) is 30.9. The zero-order chi connectivity index (χ0) is 35.1. The van der Waals surface area contributed by atoms with Crippen molar-refractivity contribution in [3.05, 3.63) is 155 Å². The minimum Gasteiger partial charge on any atom is -0.341 e. The molecule has 9 rings (SSSR count). The Morgan fingerprint density at radius 1 is 0.451 bits per heavy atom. The van der Waals surface area contributed by atoms with Gasteiger partial charge in [-0.2, -0.15) is 0 Å². The third-order valence-electron chi connectivity index (χ3n) is 12.4. The molecule has 0 saturated carbocycles. The van der Waals surface area contributed by atoms with Gasteiger partial charge in [0.15, 0.2) is 0 Å². The summed E-state index contributed by atoms with van der Waals surface area (Å²) >= 11 is 0. The molecule has 1 aliphatic carbocycles. The first-order chi connectivity index (χ1) is 24.5. The van der Waals surface area contributed by atoms with Crippen LogP contribution in [0.15, 0.2) is 121 Å². The van der Waals surface area contributed by atoms with Crippen LogP contribution in [0.2, 0.25) is 0 Å². The summed E-state index contributed by atoms with van der Waals surface area (Å²) in [5.41, 5.74) is 16.5. The van der Waals surface area contributed by atoms with Crippen molar-refractivity contribution in [2.75, 3.05) is 22.9 Å². The Bertz CT molecular complexity index is 2370. The summed E-state index contributed by atoms with van der Waals surface area (Å²) in [6, 6.07) is 45.9. The number of para-hydroxylation sites is 2. The highest BCUT2D eigenvalue weighted by Gasteiger charge is 2.37. The SMILES string of the molecule is CC1(C)CCN(c2ccc3c(c2)C(C)(C)c2cc(/C=C/c4ccc5cc(N6CCC(C)(C)c7ccccc76)ccc5c4)ccc2-3)c2ccccc21. The van der Waals surface area contributed by atoms with Gasteiger partial charge in [0.1, 0.15) is 0 Å². The van der Waals surface area contributed by atoms with Gasteiger partial charge in [0.25, 0.3) is 0 Å². The maximum Gasteiger partial charge on any atom is 0.0448 e. The molecule has 51 heavy (non-hydrogen) atoms. The van der Waals surface area contributed by atoms with E-state index in [1.54, 1.807) is 0 Å². The Morgan fingerprint density at radius 3 is 1.57 bits per heavy atom. The quantitative estimate of drug-likeness (QED) is 0.173. The summed E-state index contributed by atoms with van der Waals surface area (Å²) in [4.78, 5) is 5.03. The average Bonchev–Trinajstić information content (AvgIpc) is 3.35. The highest BCUT2D eigenvalue weighted by Crippen LogP contribution is 2.51. The van der Waals surface area contributed by atoms with Crippen LogP contribution in [0.3, 0.4) is 0 Å². The maximum absolute atomic E-state index is 2.53. The number of hydrogen-bond donors (Lipinski definition) is 0. The third kappa shape index (κ3) is 5.22. The van der Waals surface area contributed by atoms with Crippen LogP contribution in [0.5, 0.6) is 0 Å².